The van der Waals surface area contributed by atoms with Gasteiger partial charge in [0.25, 0.3) is 0 Å². The summed E-state index contributed by atoms with van der Waals surface area (Å²) in [6.07, 6.45) is 8.07. The molecule has 0 aliphatic carbocycles. The fraction of sp³-hybridized carbons (Fsp3) is 1.00. The van der Waals surface area contributed by atoms with Crippen LogP contribution in [0.2, 0.25) is 0 Å². The lowest BCUT2D eigenvalue weighted by Gasteiger charge is -2.30. The van der Waals surface area contributed by atoms with Gasteiger partial charge in [-0.3, -0.25) is 0 Å². The highest BCUT2D eigenvalue weighted by atomic mass is 15.0. The van der Waals surface area contributed by atoms with Crippen LogP contribution in [0.5, 0.6) is 0 Å². The van der Waals surface area contributed by atoms with E-state index in [4.69, 9.17) is 0 Å². The lowest BCUT2D eigenvalue weighted by molar-refractivity contribution is 0.281. The maximum Gasteiger partial charge on any atom is 0.0278 e. The zero-order valence-corrected chi connectivity index (χ0v) is 12.4. The third-order valence-electron chi connectivity index (χ3n) is 4.03. The lowest BCUT2D eigenvalue weighted by Crippen LogP contribution is -2.47. The molecule has 1 heterocycles. The largest absolute Gasteiger partial charge is 0.314 e. The Morgan fingerprint density at radius 3 is 2.65 bits per heavy atom. The monoisotopic (exact) mass is 240 g/mol. The molecule has 1 atom stereocenters. The van der Waals surface area contributed by atoms with Crippen molar-refractivity contribution in [2.45, 2.75) is 71.8 Å². The van der Waals surface area contributed by atoms with Crippen LogP contribution in [0.15, 0.2) is 0 Å². The van der Waals surface area contributed by atoms with Crippen LogP contribution in [-0.4, -0.2) is 25.2 Å². The molecule has 0 aromatic rings. The summed E-state index contributed by atoms with van der Waals surface area (Å²) < 4.78 is 0. The summed E-state index contributed by atoms with van der Waals surface area (Å²) >= 11 is 0. The second kappa shape index (κ2) is 6.75. The Bertz CT molecular complexity index is 205. The Kier molecular flexibility index (Phi) is 5.94. The van der Waals surface area contributed by atoms with E-state index in [0.29, 0.717) is 11.0 Å². The van der Waals surface area contributed by atoms with Crippen LogP contribution in [0.1, 0.15) is 66.2 Å². The standard InChI is InChI=1S/C15H32N2/c1-5-6-7-9-14(2,3)12-16-13-15(4)10-8-11-17-15/h16-17H,5-13H2,1-4H3. The fourth-order valence-corrected chi connectivity index (χ4v) is 2.73. The van der Waals surface area contributed by atoms with E-state index in [1.807, 2.05) is 0 Å². The van der Waals surface area contributed by atoms with Gasteiger partial charge in [-0.2, -0.15) is 0 Å². The van der Waals surface area contributed by atoms with Crippen molar-refractivity contribution < 1.29 is 0 Å². The average molecular weight is 240 g/mol. The highest BCUT2D eigenvalue weighted by Crippen LogP contribution is 2.23. The number of rotatable bonds is 8. The summed E-state index contributed by atoms with van der Waals surface area (Å²) in [5.74, 6) is 0. The lowest BCUT2D eigenvalue weighted by atomic mass is 9.86. The zero-order chi connectivity index (χ0) is 12.8. The smallest absolute Gasteiger partial charge is 0.0278 e. The van der Waals surface area contributed by atoms with Crippen LogP contribution >= 0.6 is 0 Å². The number of nitrogens with one attached hydrogen (secondary N) is 2. The van der Waals surface area contributed by atoms with Gasteiger partial charge in [0.15, 0.2) is 0 Å². The van der Waals surface area contributed by atoms with Crippen LogP contribution < -0.4 is 10.6 Å². The number of unbranched alkanes of at least 4 members (excludes halogenated alkanes) is 2. The molecule has 0 amide bonds. The van der Waals surface area contributed by atoms with E-state index in [1.165, 1.54) is 45.1 Å². The minimum atomic E-state index is 0.347. The summed E-state index contributed by atoms with van der Waals surface area (Å²) in [6, 6.07) is 0. The van der Waals surface area contributed by atoms with E-state index in [2.05, 4.69) is 38.3 Å². The van der Waals surface area contributed by atoms with Crippen LogP contribution in [0.4, 0.5) is 0 Å². The summed E-state index contributed by atoms with van der Waals surface area (Å²) in [5.41, 5.74) is 0.795. The third kappa shape index (κ3) is 5.87. The van der Waals surface area contributed by atoms with Crippen molar-refractivity contribution >= 4 is 0 Å². The minimum absolute atomic E-state index is 0.347. The molecular formula is C15H32N2. The van der Waals surface area contributed by atoms with Crippen LogP contribution in [0.25, 0.3) is 0 Å². The molecule has 1 rings (SSSR count). The first-order valence-electron chi connectivity index (χ1n) is 7.43. The predicted octanol–water partition coefficient (Wildman–Crippen LogP) is 3.32. The molecule has 0 aromatic carbocycles. The molecule has 17 heavy (non-hydrogen) atoms. The van der Waals surface area contributed by atoms with E-state index >= 15 is 0 Å². The number of hydrogen-bond acceptors (Lipinski definition) is 2. The molecule has 2 nitrogen and oxygen atoms in total. The van der Waals surface area contributed by atoms with Crippen molar-refractivity contribution in [3.05, 3.63) is 0 Å². The molecule has 2 heteroatoms. The van der Waals surface area contributed by atoms with Crippen LogP contribution in [0.3, 0.4) is 0 Å². The van der Waals surface area contributed by atoms with E-state index in [0.717, 1.165) is 13.1 Å². The topological polar surface area (TPSA) is 24.1 Å². The van der Waals surface area contributed by atoms with Gasteiger partial charge in [-0.15, -0.1) is 0 Å². The normalized spacial score (nSPS) is 25.4. The van der Waals surface area contributed by atoms with Gasteiger partial charge in [0.2, 0.25) is 0 Å². The van der Waals surface area contributed by atoms with Gasteiger partial charge in [0.1, 0.15) is 0 Å². The maximum atomic E-state index is 3.67. The van der Waals surface area contributed by atoms with Crippen molar-refractivity contribution in [3.63, 3.8) is 0 Å². The van der Waals surface area contributed by atoms with Crippen molar-refractivity contribution in [2.75, 3.05) is 19.6 Å². The molecule has 0 spiro atoms. The minimum Gasteiger partial charge on any atom is -0.314 e. The molecule has 0 aromatic heterocycles. The van der Waals surface area contributed by atoms with Gasteiger partial charge in [0.05, 0.1) is 0 Å². The molecule has 1 fully saturated rings. The molecule has 102 valence electrons. The molecule has 1 aliphatic heterocycles. The quantitative estimate of drug-likeness (QED) is 0.636. The first-order chi connectivity index (χ1) is 7.97. The molecule has 1 unspecified atom stereocenters. The van der Waals surface area contributed by atoms with Crippen molar-refractivity contribution in [2.24, 2.45) is 5.41 Å². The molecule has 1 aliphatic rings. The predicted molar refractivity (Wildman–Crippen MR) is 76.4 cm³/mol. The third-order valence-corrected chi connectivity index (χ3v) is 4.03. The Balaban J connectivity index is 2.15. The van der Waals surface area contributed by atoms with Gasteiger partial charge in [-0.05, 0) is 38.1 Å². The molecule has 0 radical (unpaired) electrons. The summed E-state index contributed by atoms with van der Waals surface area (Å²) in [4.78, 5) is 0. The van der Waals surface area contributed by atoms with Crippen molar-refractivity contribution in [1.82, 2.24) is 10.6 Å². The number of hydrogen-bond donors (Lipinski definition) is 2. The summed E-state index contributed by atoms with van der Waals surface area (Å²) in [5, 5.41) is 7.28. The Hall–Kier alpha value is -0.0800. The zero-order valence-electron chi connectivity index (χ0n) is 12.4. The molecular weight excluding hydrogens is 208 g/mol. The van der Waals surface area contributed by atoms with Crippen LogP contribution in [0, 0.1) is 5.41 Å². The maximum absolute atomic E-state index is 3.67. The first-order valence-corrected chi connectivity index (χ1v) is 7.43. The highest BCUT2D eigenvalue weighted by Gasteiger charge is 2.28. The second-order valence-electron chi connectivity index (χ2n) is 6.82. The Morgan fingerprint density at radius 1 is 1.29 bits per heavy atom. The van der Waals surface area contributed by atoms with Gasteiger partial charge in [-0.1, -0.05) is 40.0 Å². The molecule has 0 bridgehead atoms. The fourth-order valence-electron chi connectivity index (χ4n) is 2.73. The Morgan fingerprint density at radius 2 is 2.06 bits per heavy atom. The molecule has 0 saturated carbocycles. The van der Waals surface area contributed by atoms with E-state index in [-0.39, 0.29) is 0 Å². The van der Waals surface area contributed by atoms with E-state index in [9.17, 15) is 0 Å². The van der Waals surface area contributed by atoms with Crippen molar-refractivity contribution in [3.8, 4) is 0 Å². The Labute approximate surface area is 108 Å². The summed E-state index contributed by atoms with van der Waals surface area (Å²) in [6.45, 7) is 12.9. The molecule has 1 saturated heterocycles. The van der Waals surface area contributed by atoms with Gasteiger partial charge in [-0.25, -0.2) is 0 Å². The van der Waals surface area contributed by atoms with E-state index < -0.39 is 0 Å². The van der Waals surface area contributed by atoms with Gasteiger partial charge < -0.3 is 10.6 Å². The average Bonchev–Trinajstić information content (AvgIpc) is 2.65. The highest BCUT2D eigenvalue weighted by molar-refractivity contribution is 4.91. The van der Waals surface area contributed by atoms with Gasteiger partial charge >= 0.3 is 0 Å². The van der Waals surface area contributed by atoms with E-state index in [1.54, 1.807) is 0 Å². The van der Waals surface area contributed by atoms with Gasteiger partial charge in [0, 0.05) is 18.6 Å². The first kappa shape index (κ1) is 15.0. The SMILES string of the molecule is CCCCCC(C)(C)CNCC1(C)CCCN1. The van der Waals surface area contributed by atoms with Crippen LogP contribution in [-0.2, 0) is 0 Å². The molecule has 2 N–H and O–H groups in total. The van der Waals surface area contributed by atoms with Crippen molar-refractivity contribution in [1.29, 1.82) is 0 Å². The second-order valence-corrected chi connectivity index (χ2v) is 6.82. The summed E-state index contributed by atoms with van der Waals surface area (Å²) in [7, 11) is 0.